The number of likely N-dealkylation sites (tertiary alicyclic amines) is 1. The van der Waals surface area contributed by atoms with Gasteiger partial charge in [-0.1, -0.05) is 18.6 Å². The second-order valence-electron chi connectivity index (χ2n) is 8.51. The summed E-state index contributed by atoms with van der Waals surface area (Å²) in [6.07, 6.45) is 6.76. The molecule has 1 aromatic heterocycles. The number of thiazole rings is 1. The maximum absolute atomic E-state index is 13.1. The fourth-order valence-corrected chi connectivity index (χ4v) is 6.49. The number of para-hydroxylation sites is 1. The van der Waals surface area contributed by atoms with E-state index in [0.29, 0.717) is 17.6 Å². The third-order valence-electron chi connectivity index (χ3n) is 6.86. The minimum atomic E-state index is 0.0806. The van der Waals surface area contributed by atoms with Gasteiger partial charge >= 0.3 is 0 Å². The molecule has 0 N–H and O–H groups in total. The zero-order chi connectivity index (χ0) is 18.4. The van der Waals surface area contributed by atoms with Crippen LogP contribution in [0.2, 0.25) is 0 Å². The molecule has 1 aliphatic heterocycles. The maximum Gasteiger partial charge on any atom is 0.225 e. The van der Waals surface area contributed by atoms with E-state index in [1.54, 1.807) is 11.3 Å². The quantitative estimate of drug-likeness (QED) is 0.774. The van der Waals surface area contributed by atoms with E-state index in [0.717, 1.165) is 63.6 Å². The third-order valence-corrected chi connectivity index (χ3v) is 8.06. The van der Waals surface area contributed by atoms with Gasteiger partial charge < -0.3 is 4.90 Å². The van der Waals surface area contributed by atoms with Crippen molar-refractivity contribution in [2.24, 2.45) is 17.8 Å². The fourth-order valence-electron chi connectivity index (χ4n) is 5.35. The van der Waals surface area contributed by atoms with Crippen molar-refractivity contribution in [1.29, 1.82) is 0 Å². The highest BCUT2D eigenvalue weighted by molar-refractivity contribution is 7.18. The van der Waals surface area contributed by atoms with Crippen LogP contribution >= 0.6 is 11.3 Å². The molecule has 1 amide bonds. The van der Waals surface area contributed by atoms with Crippen LogP contribution in [0.25, 0.3) is 10.2 Å². The number of carbonyl (C=O) groups excluding carboxylic acids is 2. The van der Waals surface area contributed by atoms with Gasteiger partial charge in [-0.05, 0) is 50.7 Å². The topological polar surface area (TPSA) is 50.3 Å². The Balaban J connectivity index is 1.22. The second-order valence-corrected chi connectivity index (χ2v) is 9.58. The van der Waals surface area contributed by atoms with Crippen molar-refractivity contribution in [2.45, 2.75) is 50.9 Å². The average molecular weight is 383 g/mol. The number of fused-ring (bicyclic) bond motifs is 3. The molecule has 5 rings (SSSR count). The summed E-state index contributed by atoms with van der Waals surface area (Å²) in [5.41, 5.74) is 1.09. The second kappa shape index (κ2) is 7.01. The van der Waals surface area contributed by atoms with E-state index in [2.05, 4.69) is 23.1 Å². The van der Waals surface area contributed by atoms with Gasteiger partial charge in [-0.3, -0.25) is 9.59 Å². The summed E-state index contributed by atoms with van der Waals surface area (Å²) >= 11 is 1.80. The number of aromatic nitrogens is 1. The van der Waals surface area contributed by atoms with Crippen LogP contribution < -0.4 is 0 Å². The van der Waals surface area contributed by atoms with Crippen LogP contribution in [0.3, 0.4) is 0 Å². The Morgan fingerprint density at radius 1 is 1.00 bits per heavy atom. The Labute approximate surface area is 164 Å². The number of amides is 1. The van der Waals surface area contributed by atoms with E-state index in [1.807, 2.05) is 6.07 Å². The van der Waals surface area contributed by atoms with Crippen LogP contribution in [0.1, 0.15) is 55.9 Å². The van der Waals surface area contributed by atoms with Crippen LogP contribution in [-0.4, -0.2) is 34.7 Å². The summed E-state index contributed by atoms with van der Waals surface area (Å²) < 4.78 is 1.25. The molecule has 0 spiro atoms. The van der Waals surface area contributed by atoms with Gasteiger partial charge in [0.1, 0.15) is 5.78 Å². The van der Waals surface area contributed by atoms with Gasteiger partial charge in [-0.25, -0.2) is 4.98 Å². The van der Waals surface area contributed by atoms with Gasteiger partial charge in [0.2, 0.25) is 5.91 Å². The molecular formula is C22H26N2O2S. The molecule has 1 aromatic carbocycles. The lowest BCUT2D eigenvalue weighted by molar-refractivity contribution is -0.143. The van der Waals surface area contributed by atoms with E-state index in [1.165, 1.54) is 9.71 Å². The van der Waals surface area contributed by atoms with Gasteiger partial charge in [-0.15, -0.1) is 11.3 Å². The van der Waals surface area contributed by atoms with Crippen LogP contribution in [0, 0.1) is 17.8 Å². The minimum absolute atomic E-state index is 0.0806. The lowest BCUT2D eigenvalue weighted by atomic mass is 9.67. The monoisotopic (exact) mass is 382 g/mol. The summed E-state index contributed by atoms with van der Waals surface area (Å²) in [5.74, 6) is 1.62. The highest BCUT2D eigenvalue weighted by atomic mass is 32.1. The molecule has 5 heteroatoms. The number of ketones is 1. The zero-order valence-corrected chi connectivity index (χ0v) is 16.4. The van der Waals surface area contributed by atoms with E-state index in [4.69, 9.17) is 4.98 Å². The number of benzene rings is 1. The number of hydrogen-bond donors (Lipinski definition) is 0. The number of rotatable bonds is 2. The molecule has 2 aliphatic carbocycles. The Kier molecular flexibility index (Phi) is 4.50. The molecule has 27 heavy (non-hydrogen) atoms. The summed E-state index contributed by atoms with van der Waals surface area (Å²) in [6, 6.07) is 8.32. The Morgan fingerprint density at radius 3 is 2.41 bits per heavy atom. The first-order valence-corrected chi connectivity index (χ1v) is 11.2. The van der Waals surface area contributed by atoms with Crippen molar-refractivity contribution in [2.75, 3.05) is 13.1 Å². The SMILES string of the molecule is O=C1C2CCCC1CC(C(=O)N1CCC(c3nc4ccccc4s3)CC1)C2. The van der Waals surface area contributed by atoms with Crippen molar-refractivity contribution in [3.8, 4) is 0 Å². The molecule has 3 aliphatic rings. The molecule has 2 atom stereocenters. The first-order valence-electron chi connectivity index (χ1n) is 10.4. The van der Waals surface area contributed by atoms with Gasteiger partial charge in [0, 0.05) is 36.8 Å². The standard InChI is InChI=1S/C22H26N2O2S/c25-20-15-4-3-5-16(20)13-17(12-15)22(26)24-10-8-14(9-11-24)21-23-18-6-1-2-7-19(18)27-21/h1-2,6-7,14-17H,3-5,8-13H2. The van der Waals surface area contributed by atoms with Crippen LogP contribution in [0.15, 0.2) is 24.3 Å². The maximum atomic E-state index is 13.1. The van der Waals surface area contributed by atoms with Gasteiger partial charge in [0.15, 0.2) is 0 Å². The Bertz CT molecular complexity index is 819. The highest BCUT2D eigenvalue weighted by Crippen LogP contribution is 2.41. The summed E-state index contributed by atoms with van der Waals surface area (Å²) in [7, 11) is 0. The molecule has 4 nitrogen and oxygen atoms in total. The predicted molar refractivity (Wildman–Crippen MR) is 107 cm³/mol. The van der Waals surface area contributed by atoms with Crippen LogP contribution in [0.5, 0.6) is 0 Å². The molecule has 2 unspecified atom stereocenters. The van der Waals surface area contributed by atoms with E-state index in [-0.39, 0.29) is 17.8 Å². The number of carbonyl (C=O) groups is 2. The predicted octanol–water partition coefficient (Wildman–Crippen LogP) is 4.40. The van der Waals surface area contributed by atoms with E-state index >= 15 is 0 Å². The molecule has 2 saturated carbocycles. The lowest BCUT2D eigenvalue weighted by Crippen LogP contribution is -2.46. The molecular weight excluding hydrogens is 356 g/mol. The minimum Gasteiger partial charge on any atom is -0.342 e. The van der Waals surface area contributed by atoms with Crippen molar-refractivity contribution in [3.63, 3.8) is 0 Å². The van der Waals surface area contributed by atoms with Gasteiger partial charge in [0.25, 0.3) is 0 Å². The van der Waals surface area contributed by atoms with Crippen molar-refractivity contribution in [3.05, 3.63) is 29.3 Å². The Hall–Kier alpha value is -1.75. The summed E-state index contributed by atoms with van der Waals surface area (Å²) in [6.45, 7) is 1.67. The molecule has 1 saturated heterocycles. The lowest BCUT2D eigenvalue weighted by Gasteiger charge is -2.40. The molecule has 142 valence electrons. The fraction of sp³-hybridized carbons (Fsp3) is 0.591. The van der Waals surface area contributed by atoms with Gasteiger partial charge in [0.05, 0.1) is 15.2 Å². The van der Waals surface area contributed by atoms with Crippen molar-refractivity contribution in [1.82, 2.24) is 9.88 Å². The zero-order valence-electron chi connectivity index (χ0n) is 15.6. The van der Waals surface area contributed by atoms with Crippen molar-refractivity contribution < 1.29 is 9.59 Å². The molecule has 2 aromatic rings. The molecule has 2 heterocycles. The number of nitrogens with zero attached hydrogens (tertiary/aromatic N) is 2. The largest absolute Gasteiger partial charge is 0.342 e. The molecule has 0 radical (unpaired) electrons. The third kappa shape index (κ3) is 3.20. The van der Waals surface area contributed by atoms with Crippen LogP contribution in [-0.2, 0) is 9.59 Å². The normalized spacial score (nSPS) is 29.3. The van der Waals surface area contributed by atoms with E-state index < -0.39 is 0 Å². The van der Waals surface area contributed by atoms with Crippen LogP contribution in [0.4, 0.5) is 0 Å². The first-order chi connectivity index (χ1) is 13.2. The smallest absolute Gasteiger partial charge is 0.225 e. The number of Topliss-reactive ketones (excluding diaryl/α,β-unsaturated/α-hetero) is 1. The summed E-state index contributed by atoms with van der Waals surface area (Å²) in [4.78, 5) is 32.3. The summed E-state index contributed by atoms with van der Waals surface area (Å²) in [5, 5.41) is 1.22. The number of hydrogen-bond acceptors (Lipinski definition) is 4. The van der Waals surface area contributed by atoms with Crippen molar-refractivity contribution >= 4 is 33.2 Å². The average Bonchev–Trinajstić information content (AvgIpc) is 3.12. The number of piperidine rings is 1. The highest BCUT2D eigenvalue weighted by Gasteiger charge is 2.42. The molecule has 2 bridgehead atoms. The Morgan fingerprint density at radius 2 is 1.70 bits per heavy atom. The van der Waals surface area contributed by atoms with E-state index in [9.17, 15) is 9.59 Å². The van der Waals surface area contributed by atoms with Gasteiger partial charge in [-0.2, -0.15) is 0 Å². The first kappa shape index (κ1) is 17.4. The molecule has 3 fully saturated rings.